The number of tetrazole rings is 1. The third-order valence-corrected chi connectivity index (χ3v) is 4.16. The van der Waals surface area contributed by atoms with Crippen LogP contribution in [0.5, 0.6) is 0 Å². The number of aromatic nitrogens is 4. The molecule has 102 valence electrons. The van der Waals surface area contributed by atoms with E-state index in [0.29, 0.717) is 17.3 Å². The van der Waals surface area contributed by atoms with Crippen LogP contribution in [0.4, 0.5) is 0 Å². The summed E-state index contributed by atoms with van der Waals surface area (Å²) in [5.41, 5.74) is 0. The molecule has 0 saturated heterocycles. The summed E-state index contributed by atoms with van der Waals surface area (Å²) in [5.74, 6) is 0. The Morgan fingerprint density at radius 2 is 2.22 bits per heavy atom. The van der Waals surface area contributed by atoms with Gasteiger partial charge in [0.1, 0.15) is 0 Å². The van der Waals surface area contributed by atoms with Crippen LogP contribution >= 0.6 is 11.8 Å². The van der Waals surface area contributed by atoms with Crippen LogP contribution in [-0.2, 0) is 0 Å². The molecule has 5 nitrogen and oxygen atoms in total. The molecule has 6 heteroatoms. The van der Waals surface area contributed by atoms with Crippen LogP contribution in [-0.4, -0.2) is 38.0 Å². The Kier molecular flexibility index (Phi) is 5.00. The van der Waals surface area contributed by atoms with Gasteiger partial charge in [-0.3, -0.25) is 0 Å². The molecule has 1 N–H and O–H groups in total. The molecule has 0 radical (unpaired) electrons. The lowest BCUT2D eigenvalue weighted by Gasteiger charge is -2.17. The molecule has 1 aliphatic rings. The van der Waals surface area contributed by atoms with Gasteiger partial charge in [-0.25, -0.2) is 4.68 Å². The van der Waals surface area contributed by atoms with Crippen molar-refractivity contribution in [3.05, 3.63) is 0 Å². The maximum Gasteiger partial charge on any atom is 0.209 e. The summed E-state index contributed by atoms with van der Waals surface area (Å²) in [6, 6.07) is 1.11. The number of nitrogens with one attached hydrogen (secondary N) is 1. The number of thioether (sulfide) groups is 1. The van der Waals surface area contributed by atoms with Gasteiger partial charge in [-0.05, 0) is 49.6 Å². The highest BCUT2D eigenvalue weighted by molar-refractivity contribution is 7.99. The van der Waals surface area contributed by atoms with Crippen molar-refractivity contribution in [2.45, 2.75) is 68.9 Å². The van der Waals surface area contributed by atoms with Gasteiger partial charge in [0.2, 0.25) is 5.16 Å². The summed E-state index contributed by atoms with van der Waals surface area (Å²) in [4.78, 5) is 0. The fourth-order valence-electron chi connectivity index (χ4n) is 2.01. The zero-order valence-electron chi connectivity index (χ0n) is 11.5. The minimum absolute atomic E-state index is 0.535. The van der Waals surface area contributed by atoms with Crippen LogP contribution in [0.25, 0.3) is 0 Å². The van der Waals surface area contributed by atoms with Crippen LogP contribution in [0.3, 0.4) is 0 Å². The van der Waals surface area contributed by atoms with Gasteiger partial charge < -0.3 is 5.32 Å². The Hall–Kier alpha value is -0.620. The molecular formula is C12H23N5S. The van der Waals surface area contributed by atoms with Crippen molar-refractivity contribution in [3.63, 3.8) is 0 Å². The monoisotopic (exact) mass is 269 g/mol. The first-order chi connectivity index (χ1) is 8.70. The van der Waals surface area contributed by atoms with E-state index in [1.165, 1.54) is 19.3 Å². The summed E-state index contributed by atoms with van der Waals surface area (Å²) in [5, 5.41) is 17.0. The summed E-state index contributed by atoms with van der Waals surface area (Å²) < 4.78 is 1.99. The van der Waals surface area contributed by atoms with Crippen molar-refractivity contribution in [1.82, 2.24) is 25.5 Å². The third kappa shape index (κ3) is 3.95. The average Bonchev–Trinajstić information content (AvgIpc) is 3.08. The first-order valence-electron chi connectivity index (χ1n) is 6.88. The molecule has 1 aromatic heterocycles. The minimum Gasteiger partial charge on any atom is -0.314 e. The van der Waals surface area contributed by atoms with Crippen LogP contribution in [0.15, 0.2) is 5.16 Å². The molecule has 0 bridgehead atoms. The highest BCUT2D eigenvalue weighted by Gasteiger charge is 2.28. The van der Waals surface area contributed by atoms with Gasteiger partial charge in [0, 0.05) is 11.3 Å². The maximum atomic E-state index is 4.13. The average molecular weight is 269 g/mol. The third-order valence-electron chi connectivity index (χ3n) is 3.09. The van der Waals surface area contributed by atoms with E-state index in [1.54, 1.807) is 11.8 Å². The second-order valence-electron chi connectivity index (χ2n) is 5.16. The SMILES string of the molecule is CCCNC(C)CC(C)Sc1nnnn1C1CC1. The molecule has 2 rings (SSSR count). The zero-order chi connectivity index (χ0) is 13.0. The van der Waals surface area contributed by atoms with Gasteiger partial charge in [0.25, 0.3) is 0 Å². The molecule has 0 aromatic carbocycles. The molecule has 1 aliphatic carbocycles. The smallest absolute Gasteiger partial charge is 0.209 e. The lowest BCUT2D eigenvalue weighted by Crippen LogP contribution is -2.29. The molecule has 1 heterocycles. The van der Waals surface area contributed by atoms with Crippen molar-refractivity contribution in [3.8, 4) is 0 Å². The molecular weight excluding hydrogens is 246 g/mol. The van der Waals surface area contributed by atoms with Crippen molar-refractivity contribution >= 4 is 11.8 Å². The highest BCUT2D eigenvalue weighted by Crippen LogP contribution is 2.37. The lowest BCUT2D eigenvalue weighted by molar-refractivity contribution is 0.511. The summed E-state index contributed by atoms with van der Waals surface area (Å²) in [6.07, 6.45) is 4.77. The Bertz CT molecular complexity index is 363. The number of hydrogen-bond donors (Lipinski definition) is 1. The molecule has 2 unspecified atom stereocenters. The molecule has 1 fully saturated rings. The normalized spacial score (nSPS) is 18.8. The van der Waals surface area contributed by atoms with E-state index in [4.69, 9.17) is 0 Å². The van der Waals surface area contributed by atoms with Crippen molar-refractivity contribution in [2.24, 2.45) is 0 Å². The summed E-state index contributed by atoms with van der Waals surface area (Å²) in [7, 11) is 0. The molecule has 18 heavy (non-hydrogen) atoms. The molecule has 0 aliphatic heterocycles. The molecule has 0 spiro atoms. The first-order valence-corrected chi connectivity index (χ1v) is 7.76. The van der Waals surface area contributed by atoms with Crippen LogP contribution in [0, 0.1) is 0 Å². The molecule has 0 amide bonds. The quantitative estimate of drug-likeness (QED) is 0.734. The predicted octanol–water partition coefficient (Wildman–Crippen LogP) is 2.27. The number of nitrogens with zero attached hydrogens (tertiary/aromatic N) is 4. The van der Waals surface area contributed by atoms with E-state index in [9.17, 15) is 0 Å². The van der Waals surface area contributed by atoms with Crippen molar-refractivity contribution in [1.29, 1.82) is 0 Å². The van der Waals surface area contributed by atoms with Gasteiger partial charge in [0.15, 0.2) is 0 Å². The first kappa shape index (κ1) is 13.8. The van der Waals surface area contributed by atoms with Gasteiger partial charge in [-0.15, -0.1) is 5.10 Å². The Balaban J connectivity index is 1.79. The summed E-state index contributed by atoms with van der Waals surface area (Å²) in [6.45, 7) is 7.79. The van der Waals surface area contributed by atoms with E-state index in [0.717, 1.165) is 18.1 Å². The van der Waals surface area contributed by atoms with E-state index in [2.05, 4.69) is 41.6 Å². The minimum atomic E-state index is 0.535. The van der Waals surface area contributed by atoms with Gasteiger partial charge in [-0.1, -0.05) is 25.6 Å². The van der Waals surface area contributed by atoms with Crippen LogP contribution in [0.1, 0.15) is 52.5 Å². The number of hydrogen-bond acceptors (Lipinski definition) is 5. The maximum absolute atomic E-state index is 4.13. The summed E-state index contributed by atoms with van der Waals surface area (Å²) >= 11 is 1.79. The van der Waals surface area contributed by atoms with E-state index < -0.39 is 0 Å². The predicted molar refractivity (Wildman–Crippen MR) is 73.8 cm³/mol. The zero-order valence-corrected chi connectivity index (χ0v) is 12.3. The standard InChI is InChI=1S/C12H23N5S/c1-4-7-13-9(2)8-10(3)18-12-14-15-16-17(12)11-5-6-11/h9-11,13H,4-8H2,1-3H3. The van der Waals surface area contributed by atoms with Crippen molar-refractivity contribution < 1.29 is 0 Å². The Labute approximate surface area is 113 Å². The van der Waals surface area contributed by atoms with E-state index >= 15 is 0 Å². The second kappa shape index (κ2) is 6.52. The second-order valence-corrected chi connectivity index (χ2v) is 6.56. The van der Waals surface area contributed by atoms with E-state index in [-0.39, 0.29) is 0 Å². The van der Waals surface area contributed by atoms with Crippen LogP contribution < -0.4 is 5.32 Å². The fraction of sp³-hybridized carbons (Fsp3) is 0.917. The molecule has 1 aromatic rings. The fourth-order valence-corrected chi connectivity index (χ4v) is 3.13. The Morgan fingerprint density at radius 3 is 2.89 bits per heavy atom. The van der Waals surface area contributed by atoms with Gasteiger partial charge in [0.05, 0.1) is 6.04 Å². The lowest BCUT2D eigenvalue weighted by atomic mass is 10.2. The van der Waals surface area contributed by atoms with Crippen LogP contribution in [0.2, 0.25) is 0 Å². The molecule has 2 atom stereocenters. The largest absolute Gasteiger partial charge is 0.314 e. The highest BCUT2D eigenvalue weighted by atomic mass is 32.2. The van der Waals surface area contributed by atoms with Gasteiger partial charge in [-0.2, -0.15) is 0 Å². The molecule has 1 saturated carbocycles. The Morgan fingerprint density at radius 1 is 1.44 bits per heavy atom. The van der Waals surface area contributed by atoms with Crippen molar-refractivity contribution in [2.75, 3.05) is 6.54 Å². The number of rotatable bonds is 8. The van der Waals surface area contributed by atoms with Gasteiger partial charge >= 0.3 is 0 Å². The van der Waals surface area contributed by atoms with E-state index in [1.807, 2.05) is 4.68 Å². The topological polar surface area (TPSA) is 55.6 Å².